The molecule has 0 unspecified atom stereocenters. The van der Waals surface area contributed by atoms with Crippen LogP contribution in [0.2, 0.25) is 0 Å². The maximum atomic E-state index is 10.5. The van der Waals surface area contributed by atoms with E-state index in [1.54, 1.807) is 0 Å². The first kappa shape index (κ1) is 18.9. The van der Waals surface area contributed by atoms with E-state index in [0.29, 0.717) is 6.61 Å². The Kier molecular flexibility index (Phi) is 15.2. The van der Waals surface area contributed by atoms with Crippen LogP contribution in [0.4, 0.5) is 0 Å². The summed E-state index contributed by atoms with van der Waals surface area (Å²) in [4.78, 5) is 10.5. The molecule has 0 aliphatic heterocycles. The highest BCUT2D eigenvalue weighted by Crippen LogP contribution is 2.08. The van der Waals surface area contributed by atoms with Gasteiger partial charge in [0.1, 0.15) is 0 Å². The summed E-state index contributed by atoms with van der Waals surface area (Å²) in [5.41, 5.74) is 0. The van der Waals surface area contributed by atoms with Crippen LogP contribution in [0.5, 0.6) is 0 Å². The lowest BCUT2D eigenvalue weighted by Gasteiger charge is -1.98. The van der Waals surface area contributed by atoms with E-state index in [1.807, 2.05) is 0 Å². The van der Waals surface area contributed by atoms with Gasteiger partial charge in [-0.25, -0.2) is 0 Å². The summed E-state index contributed by atoms with van der Waals surface area (Å²) >= 11 is 0. The van der Waals surface area contributed by atoms with Gasteiger partial charge in [-0.05, 0) is 25.7 Å². The normalized spacial score (nSPS) is 11.5. The number of carbonyl (C=O) groups excluding carboxylic acids is 1. The molecule has 0 aromatic heterocycles. The average Bonchev–Trinajstić information content (AvgIpc) is 2.43. The molecule has 0 amide bonds. The molecule has 0 aliphatic rings. The van der Waals surface area contributed by atoms with Gasteiger partial charge in [0, 0.05) is 6.92 Å². The lowest BCUT2D eigenvalue weighted by molar-refractivity contribution is -0.141. The van der Waals surface area contributed by atoms with E-state index >= 15 is 0 Å². The minimum Gasteiger partial charge on any atom is -0.466 e. The van der Waals surface area contributed by atoms with Gasteiger partial charge < -0.3 is 4.74 Å². The van der Waals surface area contributed by atoms with E-state index < -0.39 is 0 Å². The fourth-order valence-corrected chi connectivity index (χ4v) is 1.99. The van der Waals surface area contributed by atoms with E-state index in [9.17, 15) is 4.79 Å². The van der Waals surface area contributed by atoms with E-state index in [4.69, 9.17) is 4.74 Å². The zero-order valence-electron chi connectivity index (χ0n) is 13.4. The summed E-state index contributed by atoms with van der Waals surface area (Å²) < 4.78 is 4.86. The Labute approximate surface area is 125 Å². The topological polar surface area (TPSA) is 26.3 Å². The van der Waals surface area contributed by atoms with Gasteiger partial charge in [-0.1, -0.05) is 69.8 Å². The first-order valence-corrected chi connectivity index (χ1v) is 8.22. The van der Waals surface area contributed by atoms with Gasteiger partial charge in [-0.2, -0.15) is 0 Å². The highest BCUT2D eigenvalue weighted by atomic mass is 16.5. The molecule has 0 bridgehead atoms. The average molecular weight is 280 g/mol. The first-order valence-electron chi connectivity index (χ1n) is 8.22. The molecule has 2 heteroatoms. The molecule has 0 aliphatic carbocycles. The van der Waals surface area contributed by atoms with Gasteiger partial charge in [0.05, 0.1) is 6.61 Å². The minimum absolute atomic E-state index is 0.191. The third-order valence-electron chi connectivity index (χ3n) is 3.18. The van der Waals surface area contributed by atoms with Crippen molar-refractivity contribution in [3.05, 3.63) is 24.3 Å². The van der Waals surface area contributed by atoms with Crippen LogP contribution in [-0.2, 0) is 9.53 Å². The van der Waals surface area contributed by atoms with Crippen molar-refractivity contribution in [3.8, 4) is 0 Å². The summed E-state index contributed by atoms with van der Waals surface area (Å²) in [6.07, 6.45) is 21.2. The maximum Gasteiger partial charge on any atom is 0.302 e. The summed E-state index contributed by atoms with van der Waals surface area (Å²) in [7, 11) is 0. The van der Waals surface area contributed by atoms with Gasteiger partial charge in [-0.3, -0.25) is 4.79 Å². The molecule has 0 spiro atoms. The molecule has 20 heavy (non-hydrogen) atoms. The largest absolute Gasteiger partial charge is 0.466 e. The molecular weight excluding hydrogens is 248 g/mol. The number of carbonyl (C=O) groups is 1. The monoisotopic (exact) mass is 280 g/mol. The Hall–Kier alpha value is -1.05. The van der Waals surface area contributed by atoms with Crippen LogP contribution in [0.25, 0.3) is 0 Å². The molecular formula is C18H32O2. The van der Waals surface area contributed by atoms with Crippen molar-refractivity contribution in [2.24, 2.45) is 0 Å². The van der Waals surface area contributed by atoms with Crippen molar-refractivity contribution in [3.63, 3.8) is 0 Å². The van der Waals surface area contributed by atoms with E-state index in [-0.39, 0.29) is 5.97 Å². The highest BCUT2D eigenvalue weighted by Gasteiger charge is 1.90. The van der Waals surface area contributed by atoms with Crippen LogP contribution < -0.4 is 0 Å². The van der Waals surface area contributed by atoms with Crippen molar-refractivity contribution in [1.82, 2.24) is 0 Å². The summed E-state index contributed by atoms with van der Waals surface area (Å²) in [5, 5.41) is 0. The lowest BCUT2D eigenvalue weighted by atomic mass is 10.1. The van der Waals surface area contributed by atoms with E-state index in [2.05, 4.69) is 31.2 Å². The number of unbranched alkanes of at least 4 members (excludes halogenated alkanes) is 8. The van der Waals surface area contributed by atoms with Crippen LogP contribution in [-0.4, -0.2) is 12.6 Å². The number of hydrogen-bond acceptors (Lipinski definition) is 2. The Bertz CT molecular complexity index is 267. The van der Waals surface area contributed by atoms with Crippen molar-refractivity contribution in [1.29, 1.82) is 0 Å². The SMILES string of the molecule is CCCCCCCCC/C=C\C=C\CCCOC(C)=O. The Morgan fingerprint density at radius 3 is 2.00 bits per heavy atom. The Balaban J connectivity index is 3.20. The molecule has 0 aromatic carbocycles. The fourth-order valence-electron chi connectivity index (χ4n) is 1.99. The van der Waals surface area contributed by atoms with E-state index in [0.717, 1.165) is 12.8 Å². The second kappa shape index (κ2) is 16.0. The smallest absolute Gasteiger partial charge is 0.302 e. The molecule has 0 radical (unpaired) electrons. The van der Waals surface area contributed by atoms with Crippen LogP contribution >= 0.6 is 0 Å². The van der Waals surface area contributed by atoms with Crippen molar-refractivity contribution in [2.75, 3.05) is 6.61 Å². The van der Waals surface area contributed by atoms with Gasteiger partial charge >= 0.3 is 5.97 Å². The standard InChI is InChI=1S/C18H32O2/c1-3-4-5-6-7-8-9-10-11-12-13-14-15-16-17-20-18(2)19/h11-14H,3-10,15-17H2,1-2H3/b12-11-,14-13+. The van der Waals surface area contributed by atoms with Gasteiger partial charge in [-0.15, -0.1) is 0 Å². The number of esters is 1. The van der Waals surface area contributed by atoms with Crippen molar-refractivity contribution in [2.45, 2.75) is 78.1 Å². The molecule has 0 heterocycles. The lowest BCUT2D eigenvalue weighted by Crippen LogP contribution is -1.99. The number of rotatable bonds is 13. The molecule has 116 valence electrons. The predicted molar refractivity (Wildman–Crippen MR) is 86.8 cm³/mol. The van der Waals surface area contributed by atoms with Crippen LogP contribution in [0.3, 0.4) is 0 Å². The van der Waals surface area contributed by atoms with Crippen LogP contribution in [0.15, 0.2) is 24.3 Å². The molecule has 0 atom stereocenters. The van der Waals surface area contributed by atoms with Gasteiger partial charge in [0.25, 0.3) is 0 Å². The molecule has 2 nitrogen and oxygen atoms in total. The van der Waals surface area contributed by atoms with Crippen LogP contribution in [0, 0.1) is 0 Å². The predicted octanol–water partition coefficient (Wildman–Crippen LogP) is 5.58. The molecule has 0 saturated carbocycles. The fraction of sp³-hybridized carbons (Fsp3) is 0.722. The third-order valence-corrected chi connectivity index (χ3v) is 3.18. The minimum atomic E-state index is -0.191. The summed E-state index contributed by atoms with van der Waals surface area (Å²) in [6.45, 7) is 4.23. The zero-order chi connectivity index (χ0) is 14.9. The molecule has 0 saturated heterocycles. The van der Waals surface area contributed by atoms with Crippen LogP contribution in [0.1, 0.15) is 78.1 Å². The molecule has 0 fully saturated rings. The number of allylic oxidation sites excluding steroid dienone is 4. The van der Waals surface area contributed by atoms with Gasteiger partial charge in [0.15, 0.2) is 0 Å². The van der Waals surface area contributed by atoms with Gasteiger partial charge in [0.2, 0.25) is 0 Å². The third kappa shape index (κ3) is 16.9. The molecule has 0 rings (SSSR count). The zero-order valence-corrected chi connectivity index (χ0v) is 13.4. The second-order valence-corrected chi connectivity index (χ2v) is 5.25. The maximum absolute atomic E-state index is 10.5. The molecule has 0 N–H and O–H groups in total. The second-order valence-electron chi connectivity index (χ2n) is 5.25. The quantitative estimate of drug-likeness (QED) is 0.250. The first-order chi connectivity index (χ1) is 9.77. The number of hydrogen-bond donors (Lipinski definition) is 0. The summed E-state index contributed by atoms with van der Waals surface area (Å²) in [5.74, 6) is -0.191. The van der Waals surface area contributed by atoms with Crippen molar-refractivity contribution >= 4 is 5.97 Å². The highest BCUT2D eigenvalue weighted by molar-refractivity contribution is 5.65. The Morgan fingerprint density at radius 1 is 0.850 bits per heavy atom. The summed E-state index contributed by atoms with van der Waals surface area (Å²) in [6, 6.07) is 0. The van der Waals surface area contributed by atoms with E-state index in [1.165, 1.54) is 58.3 Å². The molecule has 0 aromatic rings. The van der Waals surface area contributed by atoms with Crippen molar-refractivity contribution < 1.29 is 9.53 Å². The number of ether oxygens (including phenoxy) is 1. The Morgan fingerprint density at radius 2 is 1.40 bits per heavy atom.